The molecule has 0 rings (SSSR count). The molecule has 0 heterocycles. The Morgan fingerprint density at radius 1 is 0.571 bits per heavy atom. The van der Waals surface area contributed by atoms with Gasteiger partial charge in [-0.1, -0.05) is 0 Å². The van der Waals surface area contributed by atoms with Gasteiger partial charge in [-0.3, -0.25) is 9.11 Å². The summed E-state index contributed by atoms with van der Waals surface area (Å²) in [6.45, 7) is 0. The van der Waals surface area contributed by atoms with Gasteiger partial charge >= 0.3 is 10.4 Å². The van der Waals surface area contributed by atoms with Crippen LogP contribution in [0.25, 0.3) is 0 Å². The van der Waals surface area contributed by atoms with E-state index in [-0.39, 0.29) is 61.2 Å². The molecule has 0 atom stereocenters. The van der Waals surface area contributed by atoms with Gasteiger partial charge in [-0.15, -0.1) is 0 Å². The molecule has 0 aliphatic carbocycles. The van der Waals surface area contributed by atoms with Crippen LogP contribution < -0.4 is 0 Å². The van der Waals surface area contributed by atoms with Gasteiger partial charge in [0, 0.05) is 0 Å². The van der Waals surface area contributed by atoms with Crippen LogP contribution in [0.3, 0.4) is 0 Å². The van der Waals surface area contributed by atoms with Crippen LogP contribution in [0.2, 0.25) is 0 Å². The Morgan fingerprint density at radius 2 is 0.571 bits per heavy atom. The summed E-state index contributed by atoms with van der Waals surface area (Å²) in [6.07, 6.45) is 0. The fourth-order valence-corrected chi connectivity index (χ4v) is 0. The van der Waals surface area contributed by atoms with Gasteiger partial charge in [-0.05, 0) is 0 Å². The number of rotatable bonds is 0. The highest BCUT2D eigenvalue weighted by Gasteiger charge is 1.84. The molecule has 0 aliphatic rings. The first-order chi connectivity index (χ1) is 2.00. The van der Waals surface area contributed by atoms with E-state index in [1.54, 1.807) is 0 Å². The molecular weight excluding hydrogens is 251 g/mol. The van der Waals surface area contributed by atoms with Gasteiger partial charge in [0.2, 0.25) is 0 Å². The first kappa shape index (κ1) is 145. The fraction of sp³-hybridized carbons (Fsp3) is 0. The van der Waals surface area contributed by atoms with Gasteiger partial charge in [-0.25, -0.2) is 0 Å². The van der Waals surface area contributed by atoms with Crippen LogP contribution in [-0.4, -0.2) is 78.7 Å². The fourth-order valence-electron chi connectivity index (χ4n) is 0. The molecule has 0 aromatic heterocycles. The van der Waals surface area contributed by atoms with Crippen LogP contribution in [0.4, 0.5) is 0 Å². The summed E-state index contributed by atoms with van der Waals surface area (Å²) in [5, 5.41) is 0. The Bertz CT molecular complexity index is 93.5. The molecule has 12 nitrogen and oxygen atoms in total. The highest BCUT2D eigenvalue weighted by Crippen LogP contribution is 1.59. The van der Waals surface area contributed by atoms with Crippen molar-refractivity contribution in [3.63, 3.8) is 0 Å². The second-order valence-corrected chi connectivity index (χ2v) is 1.34. The number of hydrogen-bond acceptors (Lipinski definition) is 2. The minimum Gasteiger partial charge on any atom is -0.412 e. The maximum atomic E-state index is 8.74. The summed E-state index contributed by atoms with van der Waals surface area (Å²) in [4.78, 5) is 0. The quantitative estimate of drug-likeness (QED) is 0.320. The zero-order chi connectivity index (χ0) is 4.50. The monoisotopic (exact) mass is 272 g/mol. The molecule has 0 amide bonds. The summed E-state index contributed by atoms with van der Waals surface area (Å²) in [6, 6.07) is 0. The predicted octanol–water partition coefficient (Wildman–Crippen LogP) is -8.43. The molecule has 0 fully saturated rings. The van der Waals surface area contributed by atoms with Gasteiger partial charge in [0.05, 0.1) is 0 Å². The average molecular weight is 272 g/mol. The molecule has 14 heavy (non-hydrogen) atoms. The van der Waals surface area contributed by atoms with Crippen molar-refractivity contribution in [3.05, 3.63) is 0 Å². The number of hydrogen-bond donors (Lipinski definition) is 2. The maximum Gasteiger partial charge on any atom is 0.394 e. The lowest BCUT2D eigenvalue weighted by Crippen LogP contribution is -1.89. The van der Waals surface area contributed by atoms with E-state index >= 15 is 0 Å². The third-order valence-electron chi connectivity index (χ3n) is 0. The van der Waals surface area contributed by atoms with Crippen LogP contribution in [0, 0.1) is 0 Å². The molecule has 0 saturated carbocycles. The molecule has 14 heteroatoms. The highest BCUT2D eigenvalue weighted by molar-refractivity contribution is 7.79. The Kier molecular flexibility index (Phi) is 533. The predicted molar refractivity (Wildman–Crippen MR) is 53.0 cm³/mol. The SMILES string of the molecule is O.O.O.O.O.O.O.O.O=S(=O)(O)O.[AlH3]. The second kappa shape index (κ2) is 51.6. The van der Waals surface area contributed by atoms with E-state index in [9.17, 15) is 0 Å². The van der Waals surface area contributed by atoms with Crippen molar-refractivity contribution in [2.75, 3.05) is 0 Å². The van der Waals surface area contributed by atoms with E-state index in [4.69, 9.17) is 17.5 Å². The van der Waals surface area contributed by atoms with Gasteiger partial charge in [0.1, 0.15) is 0 Å². The third-order valence-corrected chi connectivity index (χ3v) is 0. The minimum absolute atomic E-state index is 0. The third kappa shape index (κ3) is 218000. The summed E-state index contributed by atoms with van der Waals surface area (Å²) in [5.41, 5.74) is 0. The van der Waals surface area contributed by atoms with Crippen molar-refractivity contribution >= 4 is 27.8 Å². The van der Waals surface area contributed by atoms with E-state index in [0.29, 0.717) is 0 Å². The molecule has 0 unspecified atom stereocenters. The van der Waals surface area contributed by atoms with Crippen molar-refractivity contribution in [2.24, 2.45) is 0 Å². The van der Waals surface area contributed by atoms with Crippen LogP contribution in [-0.2, 0) is 10.4 Å². The lowest BCUT2D eigenvalue weighted by molar-refractivity contribution is 0.381. The topological polar surface area (TPSA) is 327 Å². The zero-order valence-electron chi connectivity index (χ0n) is 6.12. The van der Waals surface area contributed by atoms with Gasteiger partial charge < -0.3 is 43.8 Å². The van der Waals surface area contributed by atoms with Gasteiger partial charge in [0.15, 0.2) is 17.4 Å². The van der Waals surface area contributed by atoms with Gasteiger partial charge in [-0.2, -0.15) is 8.42 Å². The highest BCUT2D eigenvalue weighted by atomic mass is 32.3. The Hall–Kier alpha value is 0.0825. The summed E-state index contributed by atoms with van der Waals surface area (Å²) >= 11 is 0. The van der Waals surface area contributed by atoms with Crippen molar-refractivity contribution in [1.82, 2.24) is 0 Å². The average Bonchev–Trinajstić information content (AvgIpc) is 0.722. The molecule has 18 N–H and O–H groups in total. The van der Waals surface area contributed by atoms with Crippen molar-refractivity contribution in [3.8, 4) is 0 Å². The van der Waals surface area contributed by atoms with Gasteiger partial charge in [0.25, 0.3) is 0 Å². The lowest BCUT2D eigenvalue weighted by atomic mass is 15.8. The van der Waals surface area contributed by atoms with E-state index in [0.717, 1.165) is 0 Å². The zero-order valence-corrected chi connectivity index (χ0v) is 6.94. The van der Waals surface area contributed by atoms with E-state index < -0.39 is 10.4 Å². The smallest absolute Gasteiger partial charge is 0.394 e. The molecule has 0 aliphatic heterocycles. The molecule has 102 valence electrons. The Morgan fingerprint density at radius 3 is 0.571 bits per heavy atom. The Labute approximate surface area is 89.7 Å². The van der Waals surface area contributed by atoms with Crippen LogP contribution in [0.1, 0.15) is 0 Å². The normalized spacial score (nSPS) is 4.14. The summed E-state index contributed by atoms with van der Waals surface area (Å²) in [5.74, 6) is 0. The molecule has 0 saturated heterocycles. The molecule has 0 spiro atoms. The van der Waals surface area contributed by atoms with Crippen molar-refractivity contribution < 1.29 is 61.3 Å². The first-order valence-corrected chi connectivity index (χ1v) is 2.10. The largest absolute Gasteiger partial charge is 0.412 e. The summed E-state index contributed by atoms with van der Waals surface area (Å²) in [7, 11) is -4.67. The van der Waals surface area contributed by atoms with Crippen LogP contribution >= 0.6 is 0 Å². The van der Waals surface area contributed by atoms with Crippen molar-refractivity contribution in [2.45, 2.75) is 0 Å². The molecular formula is H21AlO12S. The summed E-state index contributed by atoms with van der Waals surface area (Å²) < 4.78 is 31.6. The standard InChI is InChI=1S/Al.H2O4S.8H2O.3H/c;1-5(2,3)4;;;;;;;;;;;/h;(H2,1,2,3,4);8*1H2;;;. The van der Waals surface area contributed by atoms with E-state index in [1.807, 2.05) is 0 Å². The minimum atomic E-state index is -4.67. The second-order valence-electron chi connectivity index (χ2n) is 0.448. The molecule has 0 aromatic rings. The molecule has 0 radical (unpaired) electrons. The van der Waals surface area contributed by atoms with E-state index in [1.165, 1.54) is 0 Å². The van der Waals surface area contributed by atoms with E-state index in [2.05, 4.69) is 0 Å². The van der Waals surface area contributed by atoms with Crippen LogP contribution in [0.15, 0.2) is 0 Å². The molecule has 0 bridgehead atoms. The van der Waals surface area contributed by atoms with Crippen molar-refractivity contribution in [1.29, 1.82) is 0 Å². The van der Waals surface area contributed by atoms with Crippen LogP contribution in [0.5, 0.6) is 0 Å². The lowest BCUT2D eigenvalue weighted by Gasteiger charge is -1.68. The first-order valence-electron chi connectivity index (χ1n) is 0.698. The Balaban J connectivity index is -0.00000000222. The maximum absolute atomic E-state index is 8.74. The molecule has 0 aromatic carbocycles.